The number of halogens is 1. The van der Waals surface area contributed by atoms with Crippen LogP contribution in [0.1, 0.15) is 6.42 Å². The highest BCUT2D eigenvalue weighted by Gasteiger charge is 2.37. The maximum Gasteiger partial charge on any atom is 0.267 e. The van der Waals surface area contributed by atoms with Crippen LogP contribution in [-0.2, 0) is 4.79 Å². The summed E-state index contributed by atoms with van der Waals surface area (Å²) in [4.78, 5) is 28.3. The summed E-state index contributed by atoms with van der Waals surface area (Å²) in [5.74, 6) is 1.26. The Morgan fingerprint density at radius 2 is 2.05 bits per heavy atom. The van der Waals surface area contributed by atoms with Crippen LogP contribution in [0.15, 0.2) is 22.2 Å². The van der Waals surface area contributed by atoms with Gasteiger partial charge in [-0.3, -0.25) is 4.79 Å². The van der Waals surface area contributed by atoms with Crippen molar-refractivity contribution in [3.8, 4) is 0 Å². The van der Waals surface area contributed by atoms with E-state index in [9.17, 15) is 4.79 Å². The maximum absolute atomic E-state index is 11.6. The number of likely N-dealkylation sites (tertiary alicyclic amines) is 1. The van der Waals surface area contributed by atoms with Crippen molar-refractivity contribution in [2.75, 3.05) is 24.5 Å². The standard InChI is InChI=1S/C12H10ClN5O/c13-9-4-8-7(5-14-9)15-11(17-2-1-3-17)12-16-10(19)6-18(8)12/h4-5H,1-3,6H2. The van der Waals surface area contributed by atoms with Crippen LogP contribution in [0, 0.1) is 0 Å². The van der Waals surface area contributed by atoms with Crippen molar-refractivity contribution < 1.29 is 4.79 Å². The van der Waals surface area contributed by atoms with Gasteiger partial charge in [-0.2, -0.15) is 4.99 Å². The van der Waals surface area contributed by atoms with Gasteiger partial charge in [0.25, 0.3) is 5.91 Å². The number of carbonyl (C=O) groups excluding carboxylic acids is 1. The van der Waals surface area contributed by atoms with Gasteiger partial charge in [0, 0.05) is 19.2 Å². The molecule has 3 aliphatic heterocycles. The fourth-order valence-corrected chi connectivity index (χ4v) is 2.57. The molecule has 0 saturated carbocycles. The van der Waals surface area contributed by atoms with Gasteiger partial charge in [0.1, 0.15) is 17.4 Å². The van der Waals surface area contributed by atoms with Crippen LogP contribution in [0.5, 0.6) is 0 Å². The van der Waals surface area contributed by atoms with E-state index in [0.717, 1.165) is 36.7 Å². The van der Waals surface area contributed by atoms with Crippen molar-refractivity contribution in [2.45, 2.75) is 6.42 Å². The van der Waals surface area contributed by atoms with E-state index < -0.39 is 0 Å². The van der Waals surface area contributed by atoms with E-state index in [2.05, 4.69) is 19.9 Å². The fourth-order valence-electron chi connectivity index (χ4n) is 2.41. The summed E-state index contributed by atoms with van der Waals surface area (Å²) in [6, 6.07) is 1.72. The quantitative estimate of drug-likeness (QED) is 0.668. The van der Waals surface area contributed by atoms with Crippen molar-refractivity contribution in [2.24, 2.45) is 9.98 Å². The molecule has 4 heterocycles. The summed E-state index contributed by atoms with van der Waals surface area (Å²) >= 11 is 5.92. The molecule has 19 heavy (non-hydrogen) atoms. The molecule has 96 valence electrons. The Hall–Kier alpha value is -1.95. The number of rotatable bonds is 0. The molecule has 0 aliphatic carbocycles. The molecule has 3 aliphatic rings. The van der Waals surface area contributed by atoms with Crippen molar-refractivity contribution in [1.82, 2.24) is 9.88 Å². The van der Waals surface area contributed by atoms with E-state index in [1.54, 1.807) is 12.3 Å². The number of hydrogen-bond acceptors (Lipinski definition) is 5. The summed E-state index contributed by atoms with van der Waals surface area (Å²) in [5.41, 5.74) is 1.54. The van der Waals surface area contributed by atoms with Crippen LogP contribution < -0.4 is 4.90 Å². The van der Waals surface area contributed by atoms with Crippen LogP contribution >= 0.6 is 11.6 Å². The Kier molecular flexibility index (Phi) is 2.17. The topological polar surface area (TPSA) is 61.2 Å². The van der Waals surface area contributed by atoms with Gasteiger partial charge >= 0.3 is 0 Å². The number of carbonyl (C=O) groups is 1. The summed E-state index contributed by atoms with van der Waals surface area (Å²) in [6.07, 6.45) is 2.78. The van der Waals surface area contributed by atoms with Gasteiger partial charge in [-0.05, 0) is 6.42 Å². The van der Waals surface area contributed by atoms with Crippen molar-refractivity contribution >= 4 is 40.6 Å². The Bertz CT molecular complexity index is 650. The minimum atomic E-state index is -0.149. The lowest BCUT2D eigenvalue weighted by atomic mass is 10.1. The third kappa shape index (κ3) is 1.56. The van der Waals surface area contributed by atoms with E-state index in [-0.39, 0.29) is 12.5 Å². The number of aliphatic imine (C=N–C) groups is 2. The lowest BCUT2D eigenvalue weighted by Crippen LogP contribution is -2.50. The molecule has 1 amide bonds. The normalized spacial score (nSPS) is 20.6. The molecule has 0 unspecified atom stereocenters. The highest BCUT2D eigenvalue weighted by Crippen LogP contribution is 2.36. The first-order chi connectivity index (χ1) is 9.22. The zero-order chi connectivity index (χ0) is 13.0. The molecule has 0 N–H and O–H groups in total. The first kappa shape index (κ1) is 10.9. The molecule has 1 saturated heterocycles. The third-order valence-corrected chi connectivity index (χ3v) is 3.69. The maximum atomic E-state index is 11.6. The number of anilines is 1. The molecule has 0 atom stereocenters. The number of amidine groups is 2. The number of nitrogens with zero attached hydrogens (tertiary/aromatic N) is 5. The Balaban J connectivity index is 1.89. The number of hydrogen-bond donors (Lipinski definition) is 0. The zero-order valence-corrected chi connectivity index (χ0v) is 10.8. The van der Waals surface area contributed by atoms with Gasteiger partial charge in [0.15, 0.2) is 11.7 Å². The van der Waals surface area contributed by atoms with E-state index in [1.807, 2.05) is 4.90 Å². The van der Waals surface area contributed by atoms with E-state index in [0.29, 0.717) is 11.0 Å². The van der Waals surface area contributed by atoms with E-state index in [1.165, 1.54) is 0 Å². The molecule has 1 aromatic rings. The van der Waals surface area contributed by atoms with Gasteiger partial charge in [0.2, 0.25) is 0 Å². The SMILES string of the molecule is O=C1CN2C(=N1)C(N1CCC1)=Nc1cnc(Cl)cc12. The van der Waals surface area contributed by atoms with Crippen molar-refractivity contribution in [3.63, 3.8) is 0 Å². The van der Waals surface area contributed by atoms with Gasteiger partial charge in [-0.15, -0.1) is 0 Å². The molecule has 0 spiro atoms. The summed E-state index contributed by atoms with van der Waals surface area (Å²) < 4.78 is 0. The lowest BCUT2D eigenvalue weighted by molar-refractivity contribution is -0.115. The molecule has 1 fully saturated rings. The average Bonchev–Trinajstić information content (AvgIpc) is 2.70. The summed E-state index contributed by atoms with van der Waals surface area (Å²) in [7, 11) is 0. The Morgan fingerprint density at radius 3 is 2.79 bits per heavy atom. The lowest BCUT2D eigenvalue weighted by Gasteiger charge is -2.37. The minimum absolute atomic E-state index is 0.149. The minimum Gasteiger partial charge on any atom is -0.353 e. The number of fused-ring (bicyclic) bond motifs is 3. The van der Waals surface area contributed by atoms with Gasteiger partial charge < -0.3 is 9.80 Å². The average molecular weight is 276 g/mol. The second kappa shape index (κ2) is 3.77. The summed E-state index contributed by atoms with van der Waals surface area (Å²) in [5, 5.41) is 0.389. The van der Waals surface area contributed by atoms with Crippen LogP contribution in [0.25, 0.3) is 0 Å². The largest absolute Gasteiger partial charge is 0.353 e. The van der Waals surface area contributed by atoms with E-state index in [4.69, 9.17) is 11.6 Å². The molecule has 0 radical (unpaired) electrons. The second-order valence-electron chi connectivity index (χ2n) is 4.69. The molecule has 1 aromatic heterocycles. The molecule has 6 nitrogen and oxygen atoms in total. The first-order valence-corrected chi connectivity index (χ1v) is 6.49. The zero-order valence-electron chi connectivity index (χ0n) is 10.0. The molecular formula is C12H10ClN5O. The number of pyridine rings is 1. The van der Waals surface area contributed by atoms with Gasteiger partial charge in [-0.1, -0.05) is 11.6 Å². The second-order valence-corrected chi connectivity index (χ2v) is 5.07. The van der Waals surface area contributed by atoms with Crippen LogP contribution in [0.3, 0.4) is 0 Å². The highest BCUT2D eigenvalue weighted by molar-refractivity contribution is 6.50. The Labute approximate surface area is 114 Å². The van der Waals surface area contributed by atoms with Crippen molar-refractivity contribution in [1.29, 1.82) is 0 Å². The Morgan fingerprint density at radius 1 is 1.21 bits per heavy atom. The highest BCUT2D eigenvalue weighted by atomic mass is 35.5. The smallest absolute Gasteiger partial charge is 0.267 e. The van der Waals surface area contributed by atoms with Crippen LogP contribution in [0.2, 0.25) is 5.15 Å². The molecule has 0 aromatic carbocycles. The third-order valence-electron chi connectivity index (χ3n) is 3.48. The molecule has 7 heteroatoms. The van der Waals surface area contributed by atoms with Crippen LogP contribution in [0.4, 0.5) is 11.4 Å². The first-order valence-electron chi connectivity index (χ1n) is 6.11. The predicted octanol–water partition coefficient (Wildman–Crippen LogP) is 1.23. The summed E-state index contributed by atoms with van der Waals surface area (Å²) in [6.45, 7) is 2.15. The predicted molar refractivity (Wildman–Crippen MR) is 72.3 cm³/mol. The monoisotopic (exact) mass is 275 g/mol. The van der Waals surface area contributed by atoms with Crippen molar-refractivity contribution in [3.05, 3.63) is 17.4 Å². The molecular weight excluding hydrogens is 266 g/mol. The van der Waals surface area contributed by atoms with Gasteiger partial charge in [0.05, 0.1) is 11.9 Å². The molecule has 0 bridgehead atoms. The van der Waals surface area contributed by atoms with Crippen LogP contribution in [-0.4, -0.2) is 47.1 Å². The van der Waals surface area contributed by atoms with E-state index >= 15 is 0 Å². The number of amides is 1. The fraction of sp³-hybridized carbons (Fsp3) is 0.333. The molecule has 4 rings (SSSR count). The number of aromatic nitrogens is 1. The van der Waals surface area contributed by atoms with Gasteiger partial charge in [-0.25, -0.2) is 9.98 Å².